The molecule has 0 fully saturated rings. The van der Waals surface area contributed by atoms with Gasteiger partial charge in [-0.15, -0.1) is 18.1 Å². The highest BCUT2D eigenvalue weighted by atomic mass is 28.4. The molecule has 0 atom stereocenters. The summed E-state index contributed by atoms with van der Waals surface area (Å²) in [5.74, 6) is 1.06. The van der Waals surface area contributed by atoms with Crippen molar-refractivity contribution in [2.45, 2.75) is 64.6 Å². The second-order valence-corrected chi connectivity index (χ2v) is 11.8. The lowest BCUT2D eigenvalue weighted by Crippen LogP contribution is -2.40. The number of rotatable bonds is 2. The zero-order chi connectivity index (χ0) is 13.6. The van der Waals surface area contributed by atoms with Crippen LogP contribution in [0.5, 0.6) is 0 Å². The lowest BCUT2D eigenvalue weighted by Gasteiger charge is -2.49. The van der Waals surface area contributed by atoms with Gasteiger partial charge in [0.25, 0.3) is 0 Å². The molecule has 0 aromatic carbocycles. The van der Waals surface area contributed by atoms with Gasteiger partial charge in [-0.2, -0.15) is 0 Å². The van der Waals surface area contributed by atoms with E-state index in [-0.39, 0.29) is 5.04 Å². The fourth-order valence-electron chi connectivity index (χ4n) is 2.35. The van der Waals surface area contributed by atoms with Crippen LogP contribution in [0.3, 0.4) is 0 Å². The first-order valence-corrected chi connectivity index (χ1v) is 9.95. The zero-order valence-corrected chi connectivity index (χ0v) is 13.5. The largest absolute Gasteiger partial charge is 0.688 e. The van der Waals surface area contributed by atoms with Gasteiger partial charge in [-0.1, -0.05) is 27.4 Å². The minimum absolute atomic E-state index is 0.247. The van der Waals surface area contributed by atoms with Gasteiger partial charge in [0.05, 0.1) is 5.76 Å². The highest BCUT2D eigenvalue weighted by Crippen LogP contribution is 2.44. The SMILES string of the molecule is C=C1C(O[Si-](C)(C)C(C)(C)C)=CC2=C1CCCC2. The Labute approximate surface area is 113 Å². The van der Waals surface area contributed by atoms with Crippen LogP contribution in [0.15, 0.2) is 35.1 Å². The van der Waals surface area contributed by atoms with Crippen LogP contribution in [0, 0.1) is 0 Å². The first-order chi connectivity index (χ1) is 8.22. The standard InChI is InChI=1S/C16H26OSi/c1-12-14-10-8-7-9-13(14)11-15(12)17-18(5,6)16(2,3)4/h11H,1,7-10H2,2-6H3/q-1. The first kappa shape index (κ1) is 13.7. The summed E-state index contributed by atoms with van der Waals surface area (Å²) in [4.78, 5) is 0. The Kier molecular flexibility index (Phi) is 3.35. The van der Waals surface area contributed by atoms with Crippen LogP contribution in [0.4, 0.5) is 0 Å². The summed E-state index contributed by atoms with van der Waals surface area (Å²) >= 11 is 0. The smallest absolute Gasteiger partial charge is 0.0796 e. The van der Waals surface area contributed by atoms with E-state index in [9.17, 15) is 0 Å². The van der Waals surface area contributed by atoms with E-state index in [1.54, 1.807) is 0 Å². The second-order valence-electron chi connectivity index (χ2n) is 7.06. The third-order valence-electron chi connectivity index (χ3n) is 4.65. The van der Waals surface area contributed by atoms with Crippen LogP contribution >= 0.6 is 0 Å². The van der Waals surface area contributed by atoms with Crippen molar-refractivity contribution in [1.82, 2.24) is 0 Å². The summed E-state index contributed by atoms with van der Waals surface area (Å²) in [5.41, 5.74) is 4.12. The van der Waals surface area contributed by atoms with Gasteiger partial charge in [-0.25, -0.2) is 0 Å². The molecule has 0 aromatic rings. The van der Waals surface area contributed by atoms with Crippen molar-refractivity contribution in [2.75, 3.05) is 0 Å². The van der Waals surface area contributed by atoms with Crippen LogP contribution in [-0.4, -0.2) is 8.32 Å². The maximum absolute atomic E-state index is 6.43. The van der Waals surface area contributed by atoms with Crippen molar-refractivity contribution in [1.29, 1.82) is 0 Å². The van der Waals surface area contributed by atoms with Crippen LogP contribution in [0.25, 0.3) is 0 Å². The van der Waals surface area contributed by atoms with Crippen LogP contribution in [-0.2, 0) is 4.43 Å². The molecule has 2 aliphatic carbocycles. The van der Waals surface area contributed by atoms with E-state index in [0.29, 0.717) is 0 Å². The molecule has 0 N–H and O–H groups in total. The molecule has 0 aliphatic heterocycles. The third-order valence-corrected chi connectivity index (χ3v) is 8.99. The fraction of sp³-hybridized carbons (Fsp3) is 0.625. The van der Waals surface area contributed by atoms with E-state index in [4.69, 9.17) is 4.43 Å². The zero-order valence-electron chi connectivity index (χ0n) is 12.5. The van der Waals surface area contributed by atoms with Gasteiger partial charge in [-0.3, -0.25) is 0 Å². The molecular formula is C16H26OSi-. The Morgan fingerprint density at radius 1 is 1.17 bits per heavy atom. The highest BCUT2D eigenvalue weighted by Gasteiger charge is 2.30. The van der Waals surface area contributed by atoms with Gasteiger partial charge in [0.2, 0.25) is 0 Å². The molecule has 0 spiro atoms. The Bertz CT molecular complexity index is 433. The molecule has 0 radical (unpaired) electrons. The highest BCUT2D eigenvalue weighted by molar-refractivity contribution is 6.74. The van der Waals surface area contributed by atoms with Crippen molar-refractivity contribution >= 4 is 8.32 Å². The lowest BCUT2D eigenvalue weighted by molar-refractivity contribution is 0.396. The van der Waals surface area contributed by atoms with E-state index < -0.39 is 8.32 Å². The maximum Gasteiger partial charge on any atom is 0.0796 e. The number of hydrogen-bond acceptors (Lipinski definition) is 1. The predicted octanol–water partition coefficient (Wildman–Crippen LogP) is 5.33. The molecule has 2 heteroatoms. The molecule has 0 unspecified atom stereocenters. The second kappa shape index (κ2) is 4.41. The minimum Gasteiger partial charge on any atom is -0.688 e. The van der Waals surface area contributed by atoms with Crippen molar-refractivity contribution in [3.8, 4) is 0 Å². The van der Waals surface area contributed by atoms with Crippen molar-refractivity contribution in [3.63, 3.8) is 0 Å². The Hall–Kier alpha value is -0.763. The van der Waals surface area contributed by atoms with Crippen LogP contribution < -0.4 is 0 Å². The van der Waals surface area contributed by atoms with E-state index in [1.165, 1.54) is 36.8 Å². The molecule has 0 bridgehead atoms. The summed E-state index contributed by atoms with van der Waals surface area (Å²) in [6.07, 6.45) is 7.28. The van der Waals surface area contributed by atoms with Gasteiger partial charge in [0.15, 0.2) is 0 Å². The molecule has 0 saturated heterocycles. The number of allylic oxidation sites excluding steroid dienone is 3. The fourth-order valence-corrected chi connectivity index (χ4v) is 3.38. The monoisotopic (exact) mass is 262 g/mol. The van der Waals surface area contributed by atoms with Crippen molar-refractivity contribution in [3.05, 3.63) is 35.1 Å². The van der Waals surface area contributed by atoms with E-state index >= 15 is 0 Å². The Morgan fingerprint density at radius 3 is 2.33 bits per heavy atom. The van der Waals surface area contributed by atoms with Gasteiger partial charge in [-0.05, 0) is 42.9 Å². The summed E-state index contributed by atoms with van der Waals surface area (Å²) in [5, 5.41) is 0.247. The third kappa shape index (κ3) is 2.35. The van der Waals surface area contributed by atoms with Gasteiger partial charge in [0, 0.05) is 13.9 Å². The molecule has 0 saturated carbocycles. The average molecular weight is 262 g/mol. The van der Waals surface area contributed by atoms with Gasteiger partial charge in [0.1, 0.15) is 0 Å². The molecule has 1 nitrogen and oxygen atoms in total. The molecule has 2 aliphatic rings. The molecule has 2 rings (SSSR count). The molecule has 101 valence electrons. The number of hydrogen-bond donors (Lipinski definition) is 0. The van der Waals surface area contributed by atoms with E-state index in [2.05, 4.69) is 46.5 Å². The molecule has 0 heterocycles. The maximum atomic E-state index is 6.43. The normalized spacial score (nSPS) is 20.9. The van der Waals surface area contributed by atoms with Gasteiger partial charge >= 0.3 is 0 Å². The van der Waals surface area contributed by atoms with E-state index in [0.717, 1.165) is 11.3 Å². The summed E-state index contributed by atoms with van der Waals surface area (Å²) < 4.78 is 6.43. The van der Waals surface area contributed by atoms with Crippen LogP contribution in [0.2, 0.25) is 18.1 Å². The minimum atomic E-state index is -1.73. The lowest BCUT2D eigenvalue weighted by atomic mass is 9.92. The molecule has 0 aromatic heterocycles. The first-order valence-electron chi connectivity index (χ1n) is 7.05. The summed E-state index contributed by atoms with van der Waals surface area (Å²) in [7, 11) is -1.73. The molecule has 18 heavy (non-hydrogen) atoms. The van der Waals surface area contributed by atoms with Crippen molar-refractivity contribution in [2.24, 2.45) is 0 Å². The Balaban J connectivity index is 2.17. The van der Waals surface area contributed by atoms with Gasteiger partial charge < -0.3 is 4.43 Å². The summed E-state index contributed by atoms with van der Waals surface area (Å²) in [6, 6.07) is 0. The van der Waals surface area contributed by atoms with Crippen molar-refractivity contribution < 1.29 is 4.43 Å². The molecular weight excluding hydrogens is 236 g/mol. The summed E-state index contributed by atoms with van der Waals surface area (Å²) in [6.45, 7) is 15.7. The molecule has 0 amide bonds. The predicted molar refractivity (Wildman–Crippen MR) is 81.0 cm³/mol. The van der Waals surface area contributed by atoms with E-state index in [1.807, 2.05) is 0 Å². The quantitative estimate of drug-likeness (QED) is 0.611. The average Bonchev–Trinajstić information content (AvgIpc) is 2.54. The van der Waals surface area contributed by atoms with Crippen LogP contribution in [0.1, 0.15) is 46.5 Å². The topological polar surface area (TPSA) is 9.23 Å². The Morgan fingerprint density at radius 2 is 1.78 bits per heavy atom.